The molecule has 90 valence electrons. The summed E-state index contributed by atoms with van der Waals surface area (Å²) in [5.74, 6) is 0.604. The maximum atomic E-state index is 10.7. The number of benzene rings is 1. The van der Waals surface area contributed by atoms with Crippen LogP contribution in [-0.4, -0.2) is 27.3 Å². The van der Waals surface area contributed by atoms with Crippen molar-refractivity contribution in [3.05, 3.63) is 24.3 Å². The van der Waals surface area contributed by atoms with Crippen LogP contribution in [-0.2, 0) is 10.0 Å². The van der Waals surface area contributed by atoms with Gasteiger partial charge in [0.2, 0.25) is 10.0 Å². The molecular formula is C10H16N2O3S. The number of primary sulfonamides is 1. The standard InChI is InChI=1S/C10H16N2O3S/c1-2-15-10-6-4-3-5-9(10)12-7-8-16(11,13)14/h3-6,12H,2,7-8H2,1H3,(H2,11,13,14). The first-order valence-corrected chi connectivity index (χ1v) is 6.70. The SMILES string of the molecule is CCOc1ccccc1NCCS(N)(=O)=O. The van der Waals surface area contributed by atoms with Gasteiger partial charge in [0.25, 0.3) is 0 Å². The third-order valence-corrected chi connectivity index (χ3v) is 2.66. The molecule has 0 aliphatic carbocycles. The minimum atomic E-state index is -3.42. The zero-order valence-corrected chi connectivity index (χ0v) is 9.96. The van der Waals surface area contributed by atoms with Gasteiger partial charge in [-0.05, 0) is 19.1 Å². The molecule has 0 spiro atoms. The molecule has 0 aliphatic heterocycles. The second-order valence-corrected chi connectivity index (χ2v) is 4.96. The minimum absolute atomic E-state index is 0.104. The molecule has 0 aromatic heterocycles. The summed E-state index contributed by atoms with van der Waals surface area (Å²) in [5, 5.41) is 7.87. The largest absolute Gasteiger partial charge is 0.492 e. The molecule has 0 saturated heterocycles. The Morgan fingerprint density at radius 1 is 1.38 bits per heavy atom. The number of sulfonamides is 1. The number of hydrogen-bond donors (Lipinski definition) is 2. The highest BCUT2D eigenvalue weighted by Crippen LogP contribution is 2.23. The van der Waals surface area contributed by atoms with Crippen molar-refractivity contribution in [3.8, 4) is 5.75 Å². The average Bonchev–Trinajstić information content (AvgIpc) is 2.19. The van der Waals surface area contributed by atoms with Crippen LogP contribution in [0.1, 0.15) is 6.92 Å². The van der Waals surface area contributed by atoms with Crippen LogP contribution in [0.25, 0.3) is 0 Å². The van der Waals surface area contributed by atoms with E-state index < -0.39 is 10.0 Å². The Hall–Kier alpha value is -1.27. The van der Waals surface area contributed by atoms with Crippen LogP contribution >= 0.6 is 0 Å². The number of nitrogens with one attached hydrogen (secondary N) is 1. The molecule has 0 bridgehead atoms. The molecule has 0 radical (unpaired) electrons. The van der Waals surface area contributed by atoms with Gasteiger partial charge in [0.1, 0.15) is 5.75 Å². The molecule has 0 amide bonds. The first-order chi connectivity index (χ1) is 7.53. The summed E-state index contributed by atoms with van der Waals surface area (Å²) < 4.78 is 26.9. The first-order valence-electron chi connectivity index (χ1n) is 4.99. The van der Waals surface area contributed by atoms with Crippen LogP contribution in [0.5, 0.6) is 5.75 Å². The smallest absolute Gasteiger partial charge is 0.210 e. The molecule has 1 aromatic rings. The van der Waals surface area contributed by atoms with Crippen LogP contribution in [0.3, 0.4) is 0 Å². The summed E-state index contributed by atoms with van der Waals surface area (Å²) in [5.41, 5.74) is 0.771. The molecule has 0 aliphatic rings. The molecular weight excluding hydrogens is 228 g/mol. The highest BCUT2D eigenvalue weighted by Gasteiger charge is 2.04. The zero-order valence-electron chi connectivity index (χ0n) is 9.14. The van der Waals surface area contributed by atoms with E-state index in [1.807, 2.05) is 31.2 Å². The number of para-hydroxylation sites is 2. The molecule has 0 atom stereocenters. The third-order valence-electron chi connectivity index (χ3n) is 1.89. The lowest BCUT2D eigenvalue weighted by Crippen LogP contribution is -2.22. The van der Waals surface area contributed by atoms with E-state index in [1.54, 1.807) is 0 Å². The van der Waals surface area contributed by atoms with E-state index >= 15 is 0 Å². The van der Waals surface area contributed by atoms with Crippen molar-refractivity contribution in [2.24, 2.45) is 5.14 Å². The molecule has 5 nitrogen and oxygen atoms in total. The molecule has 1 rings (SSSR count). The summed E-state index contributed by atoms with van der Waals surface area (Å²) in [6, 6.07) is 7.36. The quantitative estimate of drug-likeness (QED) is 0.775. The predicted octanol–water partition coefficient (Wildman–Crippen LogP) is 0.786. The highest BCUT2D eigenvalue weighted by molar-refractivity contribution is 7.89. The van der Waals surface area contributed by atoms with Gasteiger partial charge in [0.15, 0.2) is 0 Å². The lowest BCUT2D eigenvalue weighted by molar-refractivity contribution is 0.342. The Labute approximate surface area is 95.7 Å². The van der Waals surface area contributed by atoms with Gasteiger partial charge in [0.05, 0.1) is 18.0 Å². The molecule has 0 unspecified atom stereocenters. The Kier molecular flexibility index (Phi) is 4.57. The van der Waals surface area contributed by atoms with E-state index in [2.05, 4.69) is 5.32 Å². The fourth-order valence-electron chi connectivity index (χ4n) is 1.22. The lowest BCUT2D eigenvalue weighted by atomic mass is 10.3. The van der Waals surface area contributed by atoms with Crippen molar-refractivity contribution in [1.29, 1.82) is 0 Å². The number of nitrogens with two attached hydrogens (primary N) is 1. The van der Waals surface area contributed by atoms with Crippen molar-refractivity contribution in [1.82, 2.24) is 0 Å². The maximum absolute atomic E-state index is 10.7. The van der Waals surface area contributed by atoms with Crippen LogP contribution < -0.4 is 15.2 Å². The van der Waals surface area contributed by atoms with E-state index in [0.717, 1.165) is 5.69 Å². The minimum Gasteiger partial charge on any atom is -0.492 e. The van der Waals surface area contributed by atoms with Gasteiger partial charge in [-0.1, -0.05) is 12.1 Å². The number of hydrogen-bond acceptors (Lipinski definition) is 4. The summed E-state index contributed by atoms with van der Waals surface area (Å²) >= 11 is 0. The highest BCUT2D eigenvalue weighted by atomic mass is 32.2. The Morgan fingerprint density at radius 3 is 2.69 bits per heavy atom. The van der Waals surface area contributed by atoms with Crippen LogP contribution in [0.15, 0.2) is 24.3 Å². The van der Waals surface area contributed by atoms with E-state index in [-0.39, 0.29) is 12.3 Å². The fraction of sp³-hybridized carbons (Fsp3) is 0.400. The predicted molar refractivity (Wildman–Crippen MR) is 64.1 cm³/mol. The molecule has 6 heteroatoms. The lowest BCUT2D eigenvalue weighted by Gasteiger charge is -2.11. The maximum Gasteiger partial charge on any atom is 0.210 e. The van der Waals surface area contributed by atoms with Crippen molar-refractivity contribution in [3.63, 3.8) is 0 Å². The second kappa shape index (κ2) is 5.72. The molecule has 0 heterocycles. The van der Waals surface area contributed by atoms with E-state index in [4.69, 9.17) is 9.88 Å². The Balaban J connectivity index is 2.59. The van der Waals surface area contributed by atoms with Crippen molar-refractivity contribution < 1.29 is 13.2 Å². The summed E-state index contributed by atoms with van der Waals surface area (Å²) in [6.45, 7) is 2.72. The van der Waals surface area contributed by atoms with E-state index in [0.29, 0.717) is 12.4 Å². The molecule has 1 aromatic carbocycles. The molecule has 3 N–H and O–H groups in total. The van der Waals surface area contributed by atoms with Gasteiger partial charge >= 0.3 is 0 Å². The van der Waals surface area contributed by atoms with Crippen molar-refractivity contribution in [2.45, 2.75) is 6.92 Å². The topological polar surface area (TPSA) is 81.4 Å². The van der Waals surface area contributed by atoms with Gasteiger partial charge in [-0.3, -0.25) is 0 Å². The zero-order chi connectivity index (χ0) is 12.0. The molecule has 0 fully saturated rings. The summed E-state index contributed by atoms with van der Waals surface area (Å²) in [6.07, 6.45) is 0. The van der Waals surface area contributed by atoms with E-state index in [9.17, 15) is 8.42 Å². The van der Waals surface area contributed by atoms with Gasteiger partial charge in [-0.25, -0.2) is 13.6 Å². The van der Waals surface area contributed by atoms with Crippen LogP contribution in [0.4, 0.5) is 5.69 Å². The fourth-order valence-corrected chi connectivity index (χ4v) is 1.61. The van der Waals surface area contributed by atoms with Crippen LogP contribution in [0, 0.1) is 0 Å². The van der Waals surface area contributed by atoms with Crippen molar-refractivity contribution >= 4 is 15.7 Å². The van der Waals surface area contributed by atoms with Crippen LogP contribution in [0.2, 0.25) is 0 Å². The van der Waals surface area contributed by atoms with Crippen molar-refractivity contribution in [2.75, 3.05) is 24.2 Å². The Morgan fingerprint density at radius 2 is 2.06 bits per heavy atom. The summed E-state index contributed by atoms with van der Waals surface area (Å²) in [4.78, 5) is 0. The summed E-state index contributed by atoms with van der Waals surface area (Å²) in [7, 11) is -3.42. The van der Waals surface area contributed by atoms with Gasteiger partial charge in [-0.15, -0.1) is 0 Å². The molecule has 16 heavy (non-hydrogen) atoms. The monoisotopic (exact) mass is 244 g/mol. The van der Waals surface area contributed by atoms with E-state index in [1.165, 1.54) is 0 Å². The normalized spacial score (nSPS) is 11.1. The number of anilines is 1. The molecule has 0 saturated carbocycles. The first kappa shape index (κ1) is 12.8. The third kappa shape index (κ3) is 4.50. The van der Waals surface area contributed by atoms with Gasteiger partial charge in [-0.2, -0.15) is 0 Å². The second-order valence-electron chi connectivity index (χ2n) is 3.22. The Bertz CT molecular complexity index is 431. The number of ether oxygens (including phenoxy) is 1. The average molecular weight is 244 g/mol. The van der Waals surface area contributed by atoms with Gasteiger partial charge < -0.3 is 10.1 Å². The van der Waals surface area contributed by atoms with Gasteiger partial charge in [0, 0.05) is 6.54 Å². The number of rotatable bonds is 6.